The van der Waals surface area contributed by atoms with Crippen molar-refractivity contribution in [3.8, 4) is 5.75 Å². The van der Waals surface area contributed by atoms with Gasteiger partial charge in [0.1, 0.15) is 6.54 Å². The van der Waals surface area contributed by atoms with E-state index in [9.17, 15) is 18.8 Å². The van der Waals surface area contributed by atoms with Gasteiger partial charge in [0.15, 0.2) is 11.6 Å². The zero-order valence-corrected chi connectivity index (χ0v) is 22.3. The first-order chi connectivity index (χ1) is 18.7. The van der Waals surface area contributed by atoms with Gasteiger partial charge in [-0.3, -0.25) is 18.7 Å². The van der Waals surface area contributed by atoms with Crippen LogP contribution in [0.5, 0.6) is 5.75 Å². The van der Waals surface area contributed by atoms with Crippen molar-refractivity contribution in [3.05, 3.63) is 93.1 Å². The van der Waals surface area contributed by atoms with Crippen molar-refractivity contribution in [2.45, 2.75) is 37.8 Å². The highest BCUT2D eigenvalue weighted by Crippen LogP contribution is 2.41. The van der Waals surface area contributed by atoms with E-state index in [2.05, 4.69) is 10.6 Å². The molecule has 1 saturated carbocycles. The Kier molecular flexibility index (Phi) is 7.18. The average molecular weight is 551 g/mol. The number of fused-ring (bicyclic) bond motifs is 1. The number of aromatic nitrogens is 2. The lowest BCUT2D eigenvalue weighted by atomic mass is 9.71. The van der Waals surface area contributed by atoms with Crippen molar-refractivity contribution < 1.29 is 18.7 Å². The van der Waals surface area contributed by atoms with Crippen LogP contribution < -0.4 is 21.1 Å². The molecular formula is C29H28ClFN4O4. The van der Waals surface area contributed by atoms with Crippen LogP contribution in [0.15, 0.2) is 65.5 Å². The van der Waals surface area contributed by atoms with E-state index < -0.39 is 17.3 Å². The van der Waals surface area contributed by atoms with E-state index in [0.29, 0.717) is 11.2 Å². The quantitative estimate of drug-likeness (QED) is 0.337. The third-order valence-electron chi connectivity index (χ3n) is 7.37. The Morgan fingerprint density at radius 2 is 1.72 bits per heavy atom. The first-order valence-corrected chi connectivity index (χ1v) is 13.0. The maximum Gasteiger partial charge on any atom is 0.329 e. The Morgan fingerprint density at radius 1 is 1.03 bits per heavy atom. The summed E-state index contributed by atoms with van der Waals surface area (Å²) in [6.45, 7) is -0.0839. The van der Waals surface area contributed by atoms with E-state index in [-0.39, 0.29) is 40.9 Å². The first-order valence-electron chi connectivity index (χ1n) is 12.6. The summed E-state index contributed by atoms with van der Waals surface area (Å²) in [7, 11) is 3.03. The zero-order valence-electron chi connectivity index (χ0n) is 21.6. The highest BCUT2D eigenvalue weighted by Gasteiger charge is 2.40. The number of imidazole rings is 1. The number of aryl methyl sites for hydroxylation is 1. The normalized spacial score (nSPS) is 14.1. The van der Waals surface area contributed by atoms with Crippen molar-refractivity contribution in [1.29, 1.82) is 0 Å². The van der Waals surface area contributed by atoms with Gasteiger partial charge in [-0.1, -0.05) is 35.9 Å². The molecule has 202 valence electrons. The molecule has 2 amide bonds. The highest BCUT2D eigenvalue weighted by atomic mass is 35.5. The second-order valence-electron chi connectivity index (χ2n) is 9.74. The van der Waals surface area contributed by atoms with Crippen LogP contribution in [-0.4, -0.2) is 28.1 Å². The minimum absolute atomic E-state index is 0.0183. The Labute approximate surface area is 229 Å². The lowest BCUT2D eigenvalue weighted by Crippen LogP contribution is -2.52. The molecule has 1 fully saturated rings. The van der Waals surface area contributed by atoms with Gasteiger partial charge in [-0.25, -0.2) is 9.18 Å². The first kappa shape index (κ1) is 26.5. The van der Waals surface area contributed by atoms with Gasteiger partial charge in [-0.15, -0.1) is 0 Å². The second kappa shape index (κ2) is 10.6. The molecule has 0 bridgehead atoms. The molecule has 0 spiro atoms. The number of hydrogen-bond acceptors (Lipinski definition) is 4. The van der Waals surface area contributed by atoms with Gasteiger partial charge in [0.25, 0.3) is 0 Å². The molecule has 3 aromatic carbocycles. The maximum absolute atomic E-state index is 14.6. The van der Waals surface area contributed by atoms with Crippen molar-refractivity contribution in [2.24, 2.45) is 7.05 Å². The summed E-state index contributed by atoms with van der Waals surface area (Å²) in [5.74, 6) is -1.32. The van der Waals surface area contributed by atoms with Crippen molar-refractivity contribution in [3.63, 3.8) is 0 Å². The number of methoxy groups -OCH3 is 1. The van der Waals surface area contributed by atoms with E-state index >= 15 is 0 Å². The van der Waals surface area contributed by atoms with E-state index in [0.717, 1.165) is 30.3 Å². The lowest BCUT2D eigenvalue weighted by Gasteiger charge is -2.43. The van der Waals surface area contributed by atoms with Crippen molar-refractivity contribution in [2.75, 3.05) is 12.4 Å². The summed E-state index contributed by atoms with van der Waals surface area (Å²) in [6.07, 6.45) is 2.24. The monoisotopic (exact) mass is 550 g/mol. The van der Waals surface area contributed by atoms with Gasteiger partial charge in [0.05, 0.1) is 30.1 Å². The van der Waals surface area contributed by atoms with Crippen LogP contribution in [-0.2, 0) is 35.1 Å². The number of ether oxygens (including phenoxy) is 1. The number of benzene rings is 3. The summed E-state index contributed by atoms with van der Waals surface area (Å²) in [4.78, 5) is 38.4. The summed E-state index contributed by atoms with van der Waals surface area (Å²) < 4.78 is 22.5. The number of rotatable bonds is 8. The molecule has 0 atom stereocenters. The predicted molar refractivity (Wildman–Crippen MR) is 148 cm³/mol. The third kappa shape index (κ3) is 5.02. The molecule has 5 rings (SSSR count). The van der Waals surface area contributed by atoms with Crippen LogP contribution >= 0.6 is 11.6 Å². The maximum atomic E-state index is 14.6. The van der Waals surface area contributed by atoms with Crippen LogP contribution in [0.1, 0.15) is 30.4 Å². The van der Waals surface area contributed by atoms with Gasteiger partial charge in [0.2, 0.25) is 11.8 Å². The molecule has 8 nitrogen and oxygen atoms in total. The zero-order chi connectivity index (χ0) is 27.7. The number of nitrogens with zero attached hydrogens (tertiary/aromatic N) is 2. The van der Waals surface area contributed by atoms with Gasteiger partial charge in [-0.05, 0) is 61.2 Å². The van der Waals surface area contributed by atoms with Crippen LogP contribution in [0, 0.1) is 5.82 Å². The number of amides is 2. The number of hydrogen-bond donors (Lipinski definition) is 2. The predicted octanol–water partition coefficient (Wildman–Crippen LogP) is 4.52. The molecule has 0 radical (unpaired) electrons. The third-order valence-corrected chi connectivity index (χ3v) is 7.72. The lowest BCUT2D eigenvalue weighted by molar-refractivity contribution is -0.125. The number of carbonyl (C=O) groups is 2. The molecule has 1 aromatic heterocycles. The van der Waals surface area contributed by atoms with E-state index in [4.69, 9.17) is 16.3 Å². The fourth-order valence-corrected chi connectivity index (χ4v) is 5.33. The molecule has 0 unspecified atom stereocenters. The fraction of sp³-hybridized carbons (Fsp3) is 0.276. The fourth-order valence-electron chi connectivity index (χ4n) is 5.12. The average Bonchev–Trinajstić information content (AvgIpc) is 3.14. The number of anilines is 1. The van der Waals surface area contributed by atoms with Gasteiger partial charge >= 0.3 is 5.69 Å². The molecule has 10 heteroatoms. The largest absolute Gasteiger partial charge is 0.494 e. The van der Waals surface area contributed by atoms with Gasteiger partial charge < -0.3 is 15.4 Å². The second-order valence-corrected chi connectivity index (χ2v) is 10.2. The smallest absolute Gasteiger partial charge is 0.329 e. The molecule has 39 heavy (non-hydrogen) atoms. The summed E-state index contributed by atoms with van der Waals surface area (Å²) in [5, 5.41) is 6.06. The molecule has 0 aliphatic heterocycles. The number of nitrogens with one attached hydrogen (secondary N) is 2. The molecule has 4 aromatic rings. The standard InChI is InChI=1S/C29H28ClFN4O4/c1-34-22-6-3-4-7-23(22)35(28(34)38)17-26(37)33-29(14-5-15-29)18-8-10-19(11-9-18)32-25(36)16-20-21(30)12-13-24(39-2)27(20)31/h3-4,6-13H,5,14-17H2,1-2H3,(H,32,36)(H,33,37). The Hall–Kier alpha value is -4.11. The van der Waals surface area contributed by atoms with Crippen LogP contribution in [0.3, 0.4) is 0 Å². The molecule has 0 saturated heterocycles. The topological polar surface area (TPSA) is 94.4 Å². The highest BCUT2D eigenvalue weighted by molar-refractivity contribution is 6.31. The summed E-state index contributed by atoms with van der Waals surface area (Å²) >= 11 is 6.10. The molecule has 1 aliphatic carbocycles. The van der Waals surface area contributed by atoms with E-state index in [1.807, 2.05) is 36.4 Å². The Balaban J connectivity index is 1.27. The number of halogens is 2. The number of para-hydroxylation sites is 2. The molecule has 1 heterocycles. The van der Waals surface area contributed by atoms with Crippen molar-refractivity contribution >= 4 is 40.1 Å². The van der Waals surface area contributed by atoms with Gasteiger partial charge in [-0.2, -0.15) is 0 Å². The van der Waals surface area contributed by atoms with Gasteiger partial charge in [0, 0.05) is 23.3 Å². The molecule has 1 aliphatic rings. The Bertz CT molecular complexity index is 1620. The summed E-state index contributed by atoms with van der Waals surface area (Å²) in [5.41, 5.74) is 2.19. The minimum atomic E-state index is -0.663. The van der Waals surface area contributed by atoms with E-state index in [1.54, 1.807) is 19.2 Å². The van der Waals surface area contributed by atoms with Crippen LogP contribution in [0.2, 0.25) is 5.02 Å². The number of carbonyl (C=O) groups excluding carboxylic acids is 2. The van der Waals surface area contributed by atoms with Crippen molar-refractivity contribution in [1.82, 2.24) is 14.5 Å². The van der Waals surface area contributed by atoms with E-state index in [1.165, 1.54) is 28.4 Å². The summed E-state index contributed by atoms with van der Waals surface area (Å²) in [6, 6.07) is 17.5. The molecular weight excluding hydrogens is 523 g/mol. The van der Waals surface area contributed by atoms with Crippen LogP contribution in [0.25, 0.3) is 11.0 Å². The minimum Gasteiger partial charge on any atom is -0.494 e. The van der Waals surface area contributed by atoms with Crippen LogP contribution in [0.4, 0.5) is 10.1 Å². The SMILES string of the molecule is COc1ccc(Cl)c(CC(=O)Nc2ccc(C3(NC(=O)Cn4c(=O)n(C)c5ccccc54)CCC3)cc2)c1F. The Morgan fingerprint density at radius 3 is 2.36 bits per heavy atom. The molecule has 2 N–H and O–H groups in total.